The number of aromatic nitrogens is 4. The molecule has 26 heavy (non-hydrogen) atoms. The van der Waals surface area contributed by atoms with Gasteiger partial charge < -0.3 is 4.74 Å². The number of hydrogen-bond donors (Lipinski definition) is 2. The Morgan fingerprint density at radius 3 is 2.77 bits per heavy atom. The number of hydrogen-bond acceptors (Lipinski definition) is 5. The predicted molar refractivity (Wildman–Crippen MR) is 95.4 cm³/mol. The van der Waals surface area contributed by atoms with Crippen molar-refractivity contribution in [3.8, 4) is 23.2 Å². The molecule has 0 atom stereocenters. The van der Waals surface area contributed by atoms with Crippen molar-refractivity contribution in [3.63, 3.8) is 0 Å². The van der Waals surface area contributed by atoms with Gasteiger partial charge >= 0.3 is 0 Å². The standard InChI is InChI=1S/C19H13N5O2/c20-9-14-8-13(17-21-10-15-18(22-17)23-24-19(15)25)6-7-16(14)26-11-12-4-2-1-3-5-12/h1-8,10H,11H2,(H2,21,22,23,24,25). The molecule has 2 aromatic heterocycles. The number of benzene rings is 2. The summed E-state index contributed by atoms with van der Waals surface area (Å²) in [5.74, 6) is 0.912. The molecule has 0 amide bonds. The second kappa shape index (κ2) is 6.53. The summed E-state index contributed by atoms with van der Waals surface area (Å²) in [7, 11) is 0. The Morgan fingerprint density at radius 2 is 1.96 bits per heavy atom. The molecular formula is C19H13N5O2. The van der Waals surface area contributed by atoms with Crippen LogP contribution < -0.4 is 10.3 Å². The molecule has 2 N–H and O–H groups in total. The van der Waals surface area contributed by atoms with Crippen molar-refractivity contribution < 1.29 is 4.74 Å². The van der Waals surface area contributed by atoms with Gasteiger partial charge in [-0.15, -0.1) is 0 Å². The third-order valence-electron chi connectivity index (χ3n) is 3.92. The Hall–Kier alpha value is -3.92. The monoisotopic (exact) mass is 343 g/mol. The molecule has 7 nitrogen and oxygen atoms in total. The van der Waals surface area contributed by atoms with E-state index in [0.717, 1.165) is 5.56 Å². The number of ether oxygens (including phenoxy) is 1. The van der Waals surface area contributed by atoms with E-state index in [-0.39, 0.29) is 5.56 Å². The van der Waals surface area contributed by atoms with Gasteiger partial charge in [-0.3, -0.25) is 15.0 Å². The minimum atomic E-state index is -0.270. The van der Waals surface area contributed by atoms with Gasteiger partial charge in [0.15, 0.2) is 11.5 Å². The van der Waals surface area contributed by atoms with E-state index in [1.807, 2.05) is 30.3 Å². The first-order chi connectivity index (χ1) is 12.7. The van der Waals surface area contributed by atoms with E-state index in [2.05, 4.69) is 26.2 Å². The maximum atomic E-state index is 11.5. The number of H-pyrrole nitrogens is 2. The van der Waals surface area contributed by atoms with E-state index in [0.29, 0.717) is 40.3 Å². The smallest absolute Gasteiger partial charge is 0.275 e. The van der Waals surface area contributed by atoms with Crippen LogP contribution >= 0.6 is 0 Å². The average Bonchev–Trinajstić information content (AvgIpc) is 3.07. The second-order valence-corrected chi connectivity index (χ2v) is 5.63. The highest BCUT2D eigenvalue weighted by Gasteiger charge is 2.11. The molecule has 0 aliphatic carbocycles. The van der Waals surface area contributed by atoms with Crippen molar-refractivity contribution in [2.45, 2.75) is 6.61 Å². The first kappa shape index (κ1) is 15.6. The fourth-order valence-corrected chi connectivity index (χ4v) is 2.58. The first-order valence-electron chi connectivity index (χ1n) is 7.89. The number of nitrogens with zero attached hydrogens (tertiary/aromatic N) is 3. The molecule has 126 valence electrons. The van der Waals surface area contributed by atoms with E-state index in [1.165, 1.54) is 6.20 Å². The summed E-state index contributed by atoms with van der Waals surface area (Å²) < 4.78 is 5.76. The molecule has 0 fully saturated rings. The molecule has 4 aromatic rings. The van der Waals surface area contributed by atoms with Crippen LogP contribution in [0.1, 0.15) is 11.1 Å². The van der Waals surface area contributed by atoms with Crippen LogP contribution in [0.15, 0.2) is 59.5 Å². The van der Waals surface area contributed by atoms with Gasteiger partial charge in [-0.05, 0) is 23.8 Å². The van der Waals surface area contributed by atoms with Crippen LogP contribution in [0.4, 0.5) is 0 Å². The summed E-state index contributed by atoms with van der Waals surface area (Å²) in [4.78, 5) is 20.1. The lowest BCUT2D eigenvalue weighted by atomic mass is 10.1. The molecule has 0 spiro atoms. The minimum absolute atomic E-state index is 0.270. The molecular weight excluding hydrogens is 330 g/mol. The van der Waals surface area contributed by atoms with Crippen molar-refractivity contribution >= 4 is 11.0 Å². The lowest BCUT2D eigenvalue weighted by Gasteiger charge is -2.09. The van der Waals surface area contributed by atoms with Crippen LogP contribution in [0, 0.1) is 11.3 Å². The summed E-state index contributed by atoms with van der Waals surface area (Å²) >= 11 is 0. The highest BCUT2D eigenvalue weighted by molar-refractivity contribution is 5.75. The zero-order valence-corrected chi connectivity index (χ0v) is 13.6. The molecule has 0 aliphatic rings. The van der Waals surface area contributed by atoms with Gasteiger partial charge in [-0.2, -0.15) is 5.26 Å². The summed E-state index contributed by atoms with van der Waals surface area (Å²) in [5.41, 5.74) is 2.23. The van der Waals surface area contributed by atoms with Gasteiger partial charge in [0, 0.05) is 11.8 Å². The number of nitrogens with one attached hydrogen (secondary N) is 2. The Bertz CT molecular complexity index is 1170. The number of nitriles is 1. The highest BCUT2D eigenvalue weighted by Crippen LogP contribution is 2.25. The molecule has 2 aromatic carbocycles. The normalized spacial score (nSPS) is 10.6. The summed E-state index contributed by atoms with van der Waals surface area (Å²) in [6, 6.07) is 17.1. The quantitative estimate of drug-likeness (QED) is 0.592. The zero-order chi connectivity index (χ0) is 17.9. The van der Waals surface area contributed by atoms with E-state index < -0.39 is 0 Å². The number of aromatic amines is 2. The number of rotatable bonds is 4. The summed E-state index contributed by atoms with van der Waals surface area (Å²) in [6.45, 7) is 0.377. The number of fused-ring (bicyclic) bond motifs is 1. The van der Waals surface area contributed by atoms with Gasteiger partial charge in [-0.1, -0.05) is 30.3 Å². The van der Waals surface area contributed by atoms with Gasteiger partial charge in [0.1, 0.15) is 23.8 Å². The summed E-state index contributed by atoms with van der Waals surface area (Å²) in [5, 5.41) is 15.0. The van der Waals surface area contributed by atoms with Gasteiger partial charge in [-0.25, -0.2) is 9.97 Å². The Morgan fingerprint density at radius 1 is 1.12 bits per heavy atom. The van der Waals surface area contributed by atoms with Gasteiger partial charge in [0.05, 0.1) is 5.56 Å². The van der Waals surface area contributed by atoms with E-state index >= 15 is 0 Å². The first-order valence-corrected chi connectivity index (χ1v) is 7.89. The van der Waals surface area contributed by atoms with Gasteiger partial charge in [0.2, 0.25) is 0 Å². The van der Waals surface area contributed by atoms with Crippen LogP contribution in [-0.2, 0) is 6.61 Å². The molecule has 0 radical (unpaired) electrons. The lowest BCUT2D eigenvalue weighted by molar-refractivity contribution is 0.305. The average molecular weight is 343 g/mol. The second-order valence-electron chi connectivity index (χ2n) is 5.63. The van der Waals surface area contributed by atoms with Crippen LogP contribution in [0.5, 0.6) is 5.75 Å². The molecule has 0 unspecified atom stereocenters. The molecule has 0 aliphatic heterocycles. The fourth-order valence-electron chi connectivity index (χ4n) is 2.58. The molecule has 0 bridgehead atoms. The van der Waals surface area contributed by atoms with E-state index in [4.69, 9.17) is 4.74 Å². The third-order valence-corrected chi connectivity index (χ3v) is 3.92. The third kappa shape index (κ3) is 2.91. The fraction of sp³-hybridized carbons (Fsp3) is 0.0526. The van der Waals surface area contributed by atoms with Crippen LogP contribution in [0.25, 0.3) is 22.4 Å². The minimum Gasteiger partial charge on any atom is -0.488 e. The van der Waals surface area contributed by atoms with Crippen molar-refractivity contribution in [3.05, 3.63) is 76.2 Å². The largest absolute Gasteiger partial charge is 0.488 e. The molecule has 2 heterocycles. The predicted octanol–water partition coefficient (Wildman–Crippen LogP) is 2.76. The molecule has 4 rings (SSSR count). The van der Waals surface area contributed by atoms with Crippen molar-refractivity contribution in [2.24, 2.45) is 0 Å². The Labute approximate surface area is 147 Å². The van der Waals surface area contributed by atoms with E-state index in [1.54, 1.807) is 18.2 Å². The van der Waals surface area contributed by atoms with Crippen molar-refractivity contribution in [1.82, 2.24) is 20.2 Å². The Balaban J connectivity index is 1.63. The zero-order valence-electron chi connectivity index (χ0n) is 13.6. The topological polar surface area (TPSA) is 107 Å². The van der Waals surface area contributed by atoms with Crippen LogP contribution in [-0.4, -0.2) is 20.2 Å². The summed E-state index contributed by atoms with van der Waals surface area (Å²) in [6.07, 6.45) is 1.46. The van der Waals surface area contributed by atoms with Crippen LogP contribution in [0.2, 0.25) is 0 Å². The van der Waals surface area contributed by atoms with Crippen molar-refractivity contribution in [2.75, 3.05) is 0 Å². The molecule has 7 heteroatoms. The highest BCUT2D eigenvalue weighted by atomic mass is 16.5. The molecule has 0 saturated heterocycles. The molecule has 0 saturated carbocycles. The van der Waals surface area contributed by atoms with Crippen LogP contribution in [0.3, 0.4) is 0 Å². The van der Waals surface area contributed by atoms with Gasteiger partial charge in [0.25, 0.3) is 5.56 Å². The maximum Gasteiger partial charge on any atom is 0.275 e. The SMILES string of the molecule is N#Cc1cc(-c2ncc3c(=O)[nH][nH]c3n2)ccc1OCc1ccccc1. The maximum absolute atomic E-state index is 11.5. The lowest BCUT2D eigenvalue weighted by Crippen LogP contribution is -1.99. The van der Waals surface area contributed by atoms with E-state index in [9.17, 15) is 10.1 Å². The van der Waals surface area contributed by atoms with Crippen molar-refractivity contribution in [1.29, 1.82) is 5.26 Å². The Kier molecular flexibility index (Phi) is 3.92.